The van der Waals surface area contributed by atoms with Crippen LogP contribution in [0.25, 0.3) is 0 Å². The predicted molar refractivity (Wildman–Crippen MR) is 113 cm³/mol. The number of hydrogen-bond acceptors (Lipinski definition) is 6. The van der Waals surface area contributed by atoms with Gasteiger partial charge in [0.15, 0.2) is 0 Å². The molecule has 0 amide bonds. The number of sulfonamides is 2. The summed E-state index contributed by atoms with van der Waals surface area (Å²) in [4.78, 5) is 0. The maximum Gasteiger partial charge on any atom is 0.247 e. The highest BCUT2D eigenvalue weighted by atomic mass is 32.2. The van der Waals surface area contributed by atoms with E-state index in [0.717, 1.165) is 22.5 Å². The largest absolute Gasteiger partial charge is 0.494 e. The summed E-state index contributed by atoms with van der Waals surface area (Å²) in [6.07, 6.45) is 2.45. The first kappa shape index (κ1) is 21.1. The molecule has 156 valence electrons. The first-order chi connectivity index (χ1) is 13.6. The average molecular weight is 438 g/mol. The first-order valence-corrected chi connectivity index (χ1v) is 12.7. The average Bonchev–Trinajstić information content (AvgIpc) is 3.07. The minimum Gasteiger partial charge on any atom is -0.494 e. The van der Waals surface area contributed by atoms with Crippen LogP contribution in [0.15, 0.2) is 53.6 Å². The van der Waals surface area contributed by atoms with Crippen molar-refractivity contribution in [3.63, 3.8) is 0 Å². The molecule has 0 spiro atoms. The van der Waals surface area contributed by atoms with Gasteiger partial charge in [0.05, 0.1) is 36.6 Å². The normalized spacial score (nSPS) is 17.1. The molecule has 0 bridgehead atoms. The summed E-state index contributed by atoms with van der Waals surface area (Å²) < 4.78 is 57.3. The van der Waals surface area contributed by atoms with Crippen LogP contribution >= 0.6 is 0 Å². The molecule has 1 atom stereocenters. The molecule has 29 heavy (non-hydrogen) atoms. The van der Waals surface area contributed by atoms with E-state index in [9.17, 15) is 16.8 Å². The number of anilines is 1. The number of benzene rings is 2. The molecule has 1 aliphatic heterocycles. The molecule has 1 heterocycles. The van der Waals surface area contributed by atoms with Gasteiger partial charge in [0, 0.05) is 12.0 Å². The third-order valence-corrected chi connectivity index (χ3v) is 5.91. The van der Waals surface area contributed by atoms with E-state index in [2.05, 4.69) is 9.82 Å². The molecule has 0 aliphatic carbocycles. The fourth-order valence-corrected chi connectivity index (χ4v) is 4.69. The van der Waals surface area contributed by atoms with E-state index in [1.165, 1.54) is 0 Å². The highest BCUT2D eigenvalue weighted by Gasteiger charge is 2.35. The van der Waals surface area contributed by atoms with Crippen molar-refractivity contribution in [1.82, 2.24) is 4.41 Å². The van der Waals surface area contributed by atoms with Gasteiger partial charge in [-0.15, -0.1) is 0 Å². The standard InChI is InChI=1S/C19H23N3O5S2/c1-4-27-15-9-7-8-14(12-15)19-13-18(20-22(19)29(3,25)26)16-10-5-6-11-17(16)21-28(2,23)24/h5-12,19,21H,4,13H2,1-3H3. The Morgan fingerprint density at radius 1 is 1.10 bits per heavy atom. The third-order valence-electron chi connectivity index (χ3n) is 4.30. The van der Waals surface area contributed by atoms with Crippen LogP contribution < -0.4 is 9.46 Å². The van der Waals surface area contributed by atoms with Crippen molar-refractivity contribution in [2.45, 2.75) is 19.4 Å². The molecule has 0 aromatic heterocycles. The summed E-state index contributed by atoms with van der Waals surface area (Å²) in [6.45, 7) is 2.37. The van der Waals surface area contributed by atoms with E-state index in [0.29, 0.717) is 35.7 Å². The molecular formula is C19H23N3O5S2. The monoisotopic (exact) mass is 437 g/mol. The van der Waals surface area contributed by atoms with E-state index in [1.54, 1.807) is 42.5 Å². The molecule has 0 saturated heterocycles. The minimum atomic E-state index is -3.65. The summed E-state index contributed by atoms with van der Waals surface area (Å²) in [5, 5.41) is 4.34. The lowest BCUT2D eigenvalue weighted by atomic mass is 9.98. The predicted octanol–water partition coefficient (Wildman–Crippen LogP) is 2.57. The number of ether oxygens (including phenoxy) is 1. The van der Waals surface area contributed by atoms with Gasteiger partial charge in [-0.1, -0.05) is 30.3 Å². The van der Waals surface area contributed by atoms with Crippen LogP contribution in [0, 0.1) is 0 Å². The number of hydrogen-bond donors (Lipinski definition) is 1. The van der Waals surface area contributed by atoms with Crippen molar-refractivity contribution in [3.8, 4) is 5.75 Å². The molecule has 0 fully saturated rings. The first-order valence-electron chi connectivity index (χ1n) is 8.95. The molecule has 2 aromatic carbocycles. The van der Waals surface area contributed by atoms with Gasteiger partial charge < -0.3 is 4.74 Å². The maximum absolute atomic E-state index is 12.4. The number of nitrogens with one attached hydrogen (secondary N) is 1. The van der Waals surface area contributed by atoms with Gasteiger partial charge in [0.1, 0.15) is 5.75 Å². The maximum atomic E-state index is 12.4. The second-order valence-electron chi connectivity index (χ2n) is 6.73. The summed E-state index contributed by atoms with van der Waals surface area (Å²) in [5.41, 5.74) is 2.11. The van der Waals surface area contributed by atoms with Crippen LogP contribution in [0.3, 0.4) is 0 Å². The molecule has 0 radical (unpaired) electrons. The lowest BCUT2D eigenvalue weighted by Crippen LogP contribution is -2.25. The Bertz CT molecular complexity index is 1140. The van der Waals surface area contributed by atoms with E-state index in [4.69, 9.17) is 4.74 Å². The smallest absolute Gasteiger partial charge is 0.247 e. The fourth-order valence-electron chi connectivity index (χ4n) is 3.21. The van der Waals surface area contributed by atoms with Crippen molar-refractivity contribution in [2.75, 3.05) is 23.8 Å². The molecule has 10 heteroatoms. The zero-order valence-electron chi connectivity index (χ0n) is 16.4. The van der Waals surface area contributed by atoms with Crippen molar-refractivity contribution in [1.29, 1.82) is 0 Å². The molecule has 1 N–H and O–H groups in total. The number of rotatable bonds is 7. The quantitative estimate of drug-likeness (QED) is 0.717. The van der Waals surface area contributed by atoms with Gasteiger partial charge in [-0.3, -0.25) is 4.72 Å². The SMILES string of the molecule is CCOc1cccc(C2CC(c3ccccc3NS(C)(=O)=O)=NN2S(C)(=O)=O)c1. The van der Waals surface area contributed by atoms with Crippen molar-refractivity contribution < 1.29 is 21.6 Å². The van der Waals surface area contributed by atoms with Crippen molar-refractivity contribution >= 4 is 31.4 Å². The van der Waals surface area contributed by atoms with Crippen LogP contribution in [-0.4, -0.2) is 46.1 Å². The van der Waals surface area contributed by atoms with Crippen LogP contribution in [0.4, 0.5) is 5.69 Å². The lowest BCUT2D eigenvalue weighted by molar-refractivity contribution is 0.336. The van der Waals surface area contributed by atoms with Crippen molar-refractivity contribution in [2.24, 2.45) is 5.10 Å². The van der Waals surface area contributed by atoms with E-state index >= 15 is 0 Å². The van der Waals surface area contributed by atoms with Crippen LogP contribution in [0.1, 0.15) is 30.5 Å². The van der Waals surface area contributed by atoms with E-state index < -0.39 is 26.1 Å². The molecule has 0 saturated carbocycles. The number of para-hydroxylation sites is 1. The van der Waals surface area contributed by atoms with Crippen LogP contribution in [0.5, 0.6) is 5.75 Å². The highest BCUT2D eigenvalue weighted by Crippen LogP contribution is 2.37. The molecule has 3 rings (SSSR count). The highest BCUT2D eigenvalue weighted by molar-refractivity contribution is 7.92. The van der Waals surface area contributed by atoms with Gasteiger partial charge in [-0.25, -0.2) is 16.8 Å². The van der Waals surface area contributed by atoms with Gasteiger partial charge >= 0.3 is 0 Å². The Labute approximate surface area is 171 Å². The van der Waals surface area contributed by atoms with E-state index in [1.807, 2.05) is 13.0 Å². The van der Waals surface area contributed by atoms with Crippen molar-refractivity contribution in [3.05, 3.63) is 59.7 Å². The zero-order chi connectivity index (χ0) is 21.2. The second kappa shape index (κ2) is 8.03. The number of nitrogens with zero attached hydrogens (tertiary/aromatic N) is 2. The molecular weight excluding hydrogens is 414 g/mol. The molecule has 2 aromatic rings. The van der Waals surface area contributed by atoms with Crippen LogP contribution in [-0.2, 0) is 20.0 Å². The molecule has 8 nitrogen and oxygen atoms in total. The lowest BCUT2D eigenvalue weighted by Gasteiger charge is -2.21. The fraction of sp³-hybridized carbons (Fsp3) is 0.316. The summed E-state index contributed by atoms with van der Waals surface area (Å²) >= 11 is 0. The Balaban J connectivity index is 2.03. The van der Waals surface area contributed by atoms with Gasteiger partial charge in [-0.05, 0) is 30.7 Å². The second-order valence-corrected chi connectivity index (χ2v) is 10.3. The Kier molecular flexibility index (Phi) is 5.85. The third kappa shape index (κ3) is 5.07. The zero-order valence-corrected chi connectivity index (χ0v) is 18.0. The van der Waals surface area contributed by atoms with Gasteiger partial charge in [0.2, 0.25) is 20.0 Å². The van der Waals surface area contributed by atoms with E-state index in [-0.39, 0.29) is 0 Å². The summed E-state index contributed by atoms with van der Waals surface area (Å²) in [5.74, 6) is 0.644. The number of hydrazone groups is 1. The van der Waals surface area contributed by atoms with Crippen LogP contribution in [0.2, 0.25) is 0 Å². The Hall–Kier alpha value is -2.59. The minimum absolute atomic E-state index is 0.297. The molecule has 1 aliphatic rings. The Morgan fingerprint density at radius 3 is 2.48 bits per heavy atom. The molecule has 1 unspecified atom stereocenters. The summed E-state index contributed by atoms with van der Waals surface area (Å²) in [6, 6.07) is 13.5. The van der Waals surface area contributed by atoms with Gasteiger partial charge in [0.25, 0.3) is 0 Å². The topological polar surface area (TPSA) is 105 Å². The van der Waals surface area contributed by atoms with Gasteiger partial charge in [-0.2, -0.15) is 9.52 Å². The summed E-state index contributed by atoms with van der Waals surface area (Å²) in [7, 11) is -7.15. The Morgan fingerprint density at radius 2 is 1.83 bits per heavy atom.